The number of hydrogen-bond acceptors (Lipinski definition) is 4. The fourth-order valence-corrected chi connectivity index (χ4v) is 1.14. The highest BCUT2D eigenvalue weighted by molar-refractivity contribution is 5.71. The zero-order chi connectivity index (χ0) is 9.26. The fourth-order valence-electron chi connectivity index (χ4n) is 1.14. The van der Waals surface area contributed by atoms with Crippen LogP contribution in [0.5, 0.6) is 11.5 Å². The minimum atomic E-state index is -1.26. The molecule has 0 radical (unpaired) electrons. The van der Waals surface area contributed by atoms with Crippen molar-refractivity contribution in [3.05, 3.63) is 24.3 Å². The minimum absolute atomic E-state index is 0.000648. The summed E-state index contributed by atoms with van der Waals surface area (Å²) in [6.07, 6.45) is -1.00. The number of carboxylic acid groups (broad SMARTS) is 1. The largest absolute Gasteiger partial charge is 0.546 e. The third-order valence-electron chi connectivity index (χ3n) is 1.77. The van der Waals surface area contributed by atoms with Crippen molar-refractivity contribution in [2.45, 2.75) is 6.10 Å². The van der Waals surface area contributed by atoms with Crippen molar-refractivity contribution in [2.75, 3.05) is 6.61 Å². The molecule has 13 heavy (non-hydrogen) atoms. The average Bonchev–Trinajstić information content (AvgIpc) is 2.17. The molecule has 1 heterocycles. The molecule has 2 rings (SSSR count). The van der Waals surface area contributed by atoms with Crippen molar-refractivity contribution in [3.63, 3.8) is 0 Å². The van der Waals surface area contributed by atoms with Gasteiger partial charge in [0, 0.05) is 0 Å². The summed E-state index contributed by atoms with van der Waals surface area (Å²) >= 11 is 0. The summed E-state index contributed by atoms with van der Waals surface area (Å²) in [6.45, 7) is -0.000648. The van der Waals surface area contributed by atoms with E-state index < -0.39 is 12.1 Å². The third-order valence-corrected chi connectivity index (χ3v) is 1.77. The van der Waals surface area contributed by atoms with E-state index in [-0.39, 0.29) is 6.61 Å². The number of hydrogen-bond donors (Lipinski definition) is 0. The van der Waals surface area contributed by atoms with Gasteiger partial charge in [-0.2, -0.15) is 0 Å². The average molecular weight is 179 g/mol. The monoisotopic (exact) mass is 179 g/mol. The summed E-state index contributed by atoms with van der Waals surface area (Å²) in [7, 11) is 0. The van der Waals surface area contributed by atoms with Crippen LogP contribution in [-0.2, 0) is 4.79 Å². The topological polar surface area (TPSA) is 58.6 Å². The van der Waals surface area contributed by atoms with Crippen molar-refractivity contribution in [1.29, 1.82) is 0 Å². The zero-order valence-corrected chi connectivity index (χ0v) is 6.73. The van der Waals surface area contributed by atoms with Crippen LogP contribution in [0.1, 0.15) is 0 Å². The SMILES string of the molecule is O=C([O-])[C@H]1COc2ccccc2O1. The number of para-hydroxylation sites is 2. The van der Waals surface area contributed by atoms with Gasteiger partial charge in [0.1, 0.15) is 6.61 Å². The Hall–Kier alpha value is -1.71. The molecule has 1 atom stereocenters. The van der Waals surface area contributed by atoms with Crippen LogP contribution < -0.4 is 14.6 Å². The number of carbonyl (C=O) groups is 1. The van der Waals surface area contributed by atoms with E-state index in [0.717, 1.165) is 0 Å². The summed E-state index contributed by atoms with van der Waals surface area (Å²) in [6, 6.07) is 6.92. The fraction of sp³-hybridized carbons (Fsp3) is 0.222. The molecule has 0 saturated carbocycles. The first kappa shape index (κ1) is 7.91. The van der Waals surface area contributed by atoms with Crippen LogP contribution in [0, 0.1) is 0 Å². The Morgan fingerprint density at radius 2 is 2.08 bits per heavy atom. The maximum Gasteiger partial charge on any atom is 0.172 e. The standard InChI is InChI=1S/C9H8O4/c10-9(11)8-5-12-6-3-1-2-4-7(6)13-8/h1-4,8H,5H2,(H,10,11)/p-1/t8-/m1/s1. The molecule has 0 aliphatic carbocycles. The minimum Gasteiger partial charge on any atom is -0.546 e. The number of fused-ring (bicyclic) bond motifs is 1. The van der Waals surface area contributed by atoms with Gasteiger partial charge in [0.2, 0.25) is 0 Å². The molecule has 0 aromatic heterocycles. The molecule has 1 aromatic carbocycles. The van der Waals surface area contributed by atoms with Crippen molar-refractivity contribution in [3.8, 4) is 11.5 Å². The maximum atomic E-state index is 10.4. The van der Waals surface area contributed by atoms with Crippen LogP contribution in [0.2, 0.25) is 0 Å². The third kappa shape index (κ3) is 1.42. The van der Waals surface area contributed by atoms with E-state index in [4.69, 9.17) is 9.47 Å². The maximum absolute atomic E-state index is 10.4. The predicted molar refractivity (Wildman–Crippen MR) is 41.4 cm³/mol. The zero-order valence-electron chi connectivity index (χ0n) is 6.73. The van der Waals surface area contributed by atoms with Gasteiger partial charge in [-0.05, 0) is 12.1 Å². The lowest BCUT2D eigenvalue weighted by atomic mass is 10.2. The van der Waals surface area contributed by atoms with E-state index in [2.05, 4.69) is 0 Å². The lowest BCUT2D eigenvalue weighted by molar-refractivity contribution is -0.315. The highest BCUT2D eigenvalue weighted by atomic mass is 16.6. The summed E-state index contributed by atoms with van der Waals surface area (Å²) in [4.78, 5) is 10.4. The van der Waals surface area contributed by atoms with Crippen LogP contribution in [0.15, 0.2) is 24.3 Å². The highest BCUT2D eigenvalue weighted by Crippen LogP contribution is 2.30. The van der Waals surface area contributed by atoms with Gasteiger partial charge in [0.25, 0.3) is 0 Å². The lowest BCUT2D eigenvalue weighted by Crippen LogP contribution is -2.45. The summed E-state index contributed by atoms with van der Waals surface area (Å²) in [5.41, 5.74) is 0. The Morgan fingerprint density at radius 1 is 1.38 bits per heavy atom. The molecule has 0 unspecified atom stereocenters. The molecule has 1 aliphatic heterocycles. The van der Waals surface area contributed by atoms with Gasteiger partial charge in [-0.3, -0.25) is 0 Å². The Morgan fingerprint density at radius 3 is 2.77 bits per heavy atom. The van der Waals surface area contributed by atoms with Crippen LogP contribution in [0.4, 0.5) is 0 Å². The lowest BCUT2D eigenvalue weighted by Gasteiger charge is -2.26. The van der Waals surface area contributed by atoms with Gasteiger partial charge in [-0.25, -0.2) is 0 Å². The molecule has 0 saturated heterocycles. The van der Waals surface area contributed by atoms with Crippen molar-refractivity contribution >= 4 is 5.97 Å². The Bertz CT molecular complexity index is 334. The first-order chi connectivity index (χ1) is 6.27. The van der Waals surface area contributed by atoms with E-state index in [9.17, 15) is 9.90 Å². The van der Waals surface area contributed by atoms with Crippen LogP contribution in [0.3, 0.4) is 0 Å². The summed E-state index contributed by atoms with van der Waals surface area (Å²) in [5.74, 6) is -0.238. The van der Waals surface area contributed by atoms with Crippen LogP contribution in [-0.4, -0.2) is 18.7 Å². The van der Waals surface area contributed by atoms with Gasteiger partial charge in [0.05, 0.1) is 5.97 Å². The first-order valence-corrected chi connectivity index (χ1v) is 3.87. The molecular formula is C9H7O4-. The quantitative estimate of drug-likeness (QED) is 0.587. The molecule has 68 valence electrons. The van der Waals surface area contributed by atoms with Gasteiger partial charge < -0.3 is 19.4 Å². The van der Waals surface area contributed by atoms with Gasteiger partial charge >= 0.3 is 0 Å². The molecule has 0 spiro atoms. The molecule has 1 aliphatic rings. The second-order valence-corrected chi connectivity index (χ2v) is 2.68. The second kappa shape index (κ2) is 2.97. The highest BCUT2D eigenvalue weighted by Gasteiger charge is 2.20. The molecule has 4 heteroatoms. The summed E-state index contributed by atoms with van der Waals surface area (Å²) in [5, 5.41) is 10.4. The molecule has 4 nitrogen and oxygen atoms in total. The molecule has 0 N–H and O–H groups in total. The summed E-state index contributed by atoms with van der Waals surface area (Å²) < 4.78 is 10.3. The molecular weight excluding hydrogens is 172 g/mol. The first-order valence-electron chi connectivity index (χ1n) is 3.87. The number of rotatable bonds is 1. The second-order valence-electron chi connectivity index (χ2n) is 2.68. The van der Waals surface area contributed by atoms with E-state index in [1.54, 1.807) is 24.3 Å². The number of carbonyl (C=O) groups excluding carboxylic acids is 1. The van der Waals surface area contributed by atoms with E-state index in [1.165, 1.54) is 0 Å². The van der Waals surface area contributed by atoms with E-state index in [0.29, 0.717) is 11.5 Å². The normalized spacial score (nSPS) is 19.5. The Kier molecular flexibility index (Phi) is 1.81. The van der Waals surface area contributed by atoms with Crippen LogP contribution >= 0.6 is 0 Å². The Balaban J connectivity index is 2.24. The smallest absolute Gasteiger partial charge is 0.172 e. The van der Waals surface area contributed by atoms with Gasteiger partial charge in [-0.1, -0.05) is 12.1 Å². The number of carboxylic acids is 1. The van der Waals surface area contributed by atoms with Crippen molar-refractivity contribution in [2.24, 2.45) is 0 Å². The van der Waals surface area contributed by atoms with Gasteiger partial charge in [0.15, 0.2) is 17.6 Å². The molecule has 0 bridgehead atoms. The van der Waals surface area contributed by atoms with Gasteiger partial charge in [-0.15, -0.1) is 0 Å². The van der Waals surface area contributed by atoms with E-state index >= 15 is 0 Å². The van der Waals surface area contributed by atoms with Crippen molar-refractivity contribution < 1.29 is 19.4 Å². The predicted octanol–water partition coefficient (Wildman–Crippen LogP) is -0.424. The number of benzene rings is 1. The number of ether oxygens (including phenoxy) is 2. The van der Waals surface area contributed by atoms with E-state index in [1.807, 2.05) is 0 Å². The Labute approximate surface area is 74.7 Å². The number of aliphatic carboxylic acids is 1. The molecule has 0 fully saturated rings. The van der Waals surface area contributed by atoms with Crippen LogP contribution in [0.25, 0.3) is 0 Å². The molecule has 1 aromatic rings. The molecule has 0 amide bonds. The van der Waals surface area contributed by atoms with Crippen molar-refractivity contribution in [1.82, 2.24) is 0 Å².